The Morgan fingerprint density at radius 2 is 2.11 bits per heavy atom. The van der Waals surface area contributed by atoms with Gasteiger partial charge in [0.15, 0.2) is 0 Å². The van der Waals surface area contributed by atoms with Gasteiger partial charge in [-0.2, -0.15) is 0 Å². The van der Waals surface area contributed by atoms with E-state index in [2.05, 4.69) is 47.6 Å². The quantitative estimate of drug-likeness (QED) is 0.866. The van der Waals surface area contributed by atoms with Gasteiger partial charge in [-0.25, -0.2) is 0 Å². The number of rotatable bonds is 2. The number of nitrogens with zero attached hydrogens (tertiary/aromatic N) is 1. The van der Waals surface area contributed by atoms with E-state index < -0.39 is 0 Å². The fourth-order valence-corrected chi connectivity index (χ4v) is 2.60. The van der Waals surface area contributed by atoms with Crippen molar-refractivity contribution < 1.29 is 0 Å². The van der Waals surface area contributed by atoms with Gasteiger partial charge in [-0.15, -0.1) is 0 Å². The minimum absolute atomic E-state index is 0.488. The summed E-state index contributed by atoms with van der Waals surface area (Å²) in [6.45, 7) is 3.25. The molecule has 2 heteroatoms. The first-order chi connectivity index (χ1) is 8.83. The summed E-state index contributed by atoms with van der Waals surface area (Å²) in [4.78, 5) is 4.40. The summed E-state index contributed by atoms with van der Waals surface area (Å²) >= 11 is 0. The van der Waals surface area contributed by atoms with Gasteiger partial charge in [0.1, 0.15) is 0 Å². The highest BCUT2D eigenvalue weighted by atomic mass is 14.9. The molecule has 0 spiro atoms. The topological polar surface area (TPSA) is 24.9 Å². The van der Waals surface area contributed by atoms with Crippen molar-refractivity contribution in [2.45, 2.75) is 25.8 Å². The van der Waals surface area contributed by atoms with Crippen LogP contribution in [0, 0.1) is 6.92 Å². The van der Waals surface area contributed by atoms with E-state index in [1.807, 2.05) is 12.4 Å². The van der Waals surface area contributed by atoms with Crippen LogP contribution in [0.25, 0.3) is 11.1 Å². The third-order valence-corrected chi connectivity index (χ3v) is 3.57. The predicted molar refractivity (Wildman–Crippen MR) is 74.4 cm³/mol. The number of aryl methyl sites for hydroxylation is 1. The average Bonchev–Trinajstić information content (AvgIpc) is 2.93. The SMILES string of the molecule is Cc1cccc(-c2cncc([C@@H]3CCCN3)c2)c1. The normalized spacial score (nSPS) is 19.1. The van der Waals surface area contributed by atoms with E-state index in [0.717, 1.165) is 6.54 Å². The van der Waals surface area contributed by atoms with Gasteiger partial charge in [0.2, 0.25) is 0 Å². The molecular formula is C16H18N2. The van der Waals surface area contributed by atoms with Crippen LogP contribution < -0.4 is 5.32 Å². The van der Waals surface area contributed by atoms with E-state index in [9.17, 15) is 0 Å². The molecule has 1 aromatic heterocycles. The summed E-state index contributed by atoms with van der Waals surface area (Å²) in [7, 11) is 0. The molecule has 2 nitrogen and oxygen atoms in total. The van der Waals surface area contributed by atoms with Gasteiger partial charge in [0.05, 0.1) is 0 Å². The molecule has 18 heavy (non-hydrogen) atoms. The van der Waals surface area contributed by atoms with Crippen LogP contribution in [0.4, 0.5) is 0 Å². The van der Waals surface area contributed by atoms with Crippen molar-refractivity contribution in [3.8, 4) is 11.1 Å². The molecule has 1 N–H and O–H groups in total. The molecule has 3 rings (SSSR count). The second-order valence-corrected chi connectivity index (χ2v) is 5.03. The Morgan fingerprint density at radius 3 is 2.89 bits per heavy atom. The van der Waals surface area contributed by atoms with Crippen molar-refractivity contribution in [2.24, 2.45) is 0 Å². The zero-order chi connectivity index (χ0) is 12.4. The van der Waals surface area contributed by atoms with Crippen LogP contribution in [-0.2, 0) is 0 Å². The van der Waals surface area contributed by atoms with Crippen molar-refractivity contribution in [3.63, 3.8) is 0 Å². The van der Waals surface area contributed by atoms with Gasteiger partial charge in [0.25, 0.3) is 0 Å². The molecule has 2 aromatic rings. The maximum absolute atomic E-state index is 4.40. The molecule has 0 saturated carbocycles. The first-order valence-corrected chi connectivity index (χ1v) is 6.58. The zero-order valence-electron chi connectivity index (χ0n) is 10.7. The van der Waals surface area contributed by atoms with Crippen molar-refractivity contribution in [2.75, 3.05) is 6.54 Å². The number of hydrogen-bond acceptors (Lipinski definition) is 2. The maximum atomic E-state index is 4.40. The van der Waals surface area contributed by atoms with Crippen LogP contribution in [-0.4, -0.2) is 11.5 Å². The number of aromatic nitrogens is 1. The molecule has 1 aliphatic rings. The lowest BCUT2D eigenvalue weighted by Crippen LogP contribution is -2.12. The van der Waals surface area contributed by atoms with Gasteiger partial charge in [0, 0.05) is 24.0 Å². The fourth-order valence-electron chi connectivity index (χ4n) is 2.60. The molecule has 0 unspecified atom stereocenters. The average molecular weight is 238 g/mol. The monoisotopic (exact) mass is 238 g/mol. The first-order valence-electron chi connectivity index (χ1n) is 6.58. The van der Waals surface area contributed by atoms with Crippen molar-refractivity contribution in [1.29, 1.82) is 0 Å². The Hall–Kier alpha value is -1.67. The fraction of sp³-hybridized carbons (Fsp3) is 0.312. The Balaban J connectivity index is 1.95. The molecule has 0 amide bonds. The first kappa shape index (κ1) is 11.4. The molecule has 1 aromatic carbocycles. The largest absolute Gasteiger partial charge is 0.310 e. The third-order valence-electron chi connectivity index (χ3n) is 3.57. The molecular weight excluding hydrogens is 220 g/mol. The smallest absolute Gasteiger partial charge is 0.0346 e. The Bertz CT molecular complexity index is 542. The van der Waals surface area contributed by atoms with E-state index in [1.165, 1.54) is 35.1 Å². The highest BCUT2D eigenvalue weighted by Crippen LogP contribution is 2.26. The molecule has 1 fully saturated rings. The minimum atomic E-state index is 0.488. The molecule has 1 saturated heterocycles. The number of pyridine rings is 1. The van der Waals surface area contributed by atoms with E-state index >= 15 is 0 Å². The van der Waals surface area contributed by atoms with E-state index in [-0.39, 0.29) is 0 Å². The predicted octanol–water partition coefficient (Wildman–Crippen LogP) is 3.48. The summed E-state index contributed by atoms with van der Waals surface area (Å²) in [5.74, 6) is 0. The van der Waals surface area contributed by atoms with Gasteiger partial charge in [-0.05, 0) is 43.5 Å². The van der Waals surface area contributed by atoms with Crippen LogP contribution in [0.5, 0.6) is 0 Å². The summed E-state index contributed by atoms with van der Waals surface area (Å²) in [5.41, 5.74) is 5.07. The standard InChI is InChI=1S/C16H18N2/c1-12-4-2-5-13(8-12)14-9-15(11-17-10-14)16-6-3-7-18-16/h2,4-5,8-11,16,18H,3,6-7H2,1H3/t16-/m0/s1. The molecule has 0 bridgehead atoms. The van der Waals surface area contributed by atoms with Crippen molar-refractivity contribution in [3.05, 3.63) is 53.9 Å². The molecule has 0 radical (unpaired) electrons. The van der Waals surface area contributed by atoms with Crippen LogP contribution in [0.1, 0.15) is 30.0 Å². The summed E-state index contributed by atoms with van der Waals surface area (Å²) in [6, 6.07) is 11.3. The molecule has 1 aliphatic heterocycles. The van der Waals surface area contributed by atoms with Crippen LogP contribution in [0.3, 0.4) is 0 Å². The Morgan fingerprint density at radius 1 is 1.17 bits per heavy atom. The second kappa shape index (κ2) is 4.91. The maximum Gasteiger partial charge on any atom is 0.0346 e. The van der Waals surface area contributed by atoms with Gasteiger partial charge in [-0.3, -0.25) is 4.98 Å². The summed E-state index contributed by atoms with van der Waals surface area (Å²) in [6.07, 6.45) is 6.42. The molecule has 2 heterocycles. The lowest BCUT2D eigenvalue weighted by Gasteiger charge is -2.11. The van der Waals surface area contributed by atoms with Crippen LogP contribution in [0.15, 0.2) is 42.7 Å². The van der Waals surface area contributed by atoms with Crippen molar-refractivity contribution in [1.82, 2.24) is 10.3 Å². The van der Waals surface area contributed by atoms with Crippen LogP contribution >= 0.6 is 0 Å². The molecule has 92 valence electrons. The van der Waals surface area contributed by atoms with E-state index in [1.54, 1.807) is 0 Å². The lowest BCUT2D eigenvalue weighted by atomic mass is 10.0. The zero-order valence-corrected chi connectivity index (χ0v) is 10.7. The molecule has 0 aliphatic carbocycles. The van der Waals surface area contributed by atoms with Gasteiger partial charge in [-0.1, -0.05) is 29.8 Å². The van der Waals surface area contributed by atoms with Crippen LogP contribution in [0.2, 0.25) is 0 Å². The van der Waals surface area contributed by atoms with E-state index in [0.29, 0.717) is 6.04 Å². The summed E-state index contributed by atoms with van der Waals surface area (Å²) in [5, 5.41) is 3.52. The molecule has 1 atom stereocenters. The highest BCUT2D eigenvalue weighted by Gasteiger charge is 2.16. The third kappa shape index (κ3) is 2.29. The van der Waals surface area contributed by atoms with Crippen molar-refractivity contribution >= 4 is 0 Å². The van der Waals surface area contributed by atoms with Gasteiger partial charge < -0.3 is 5.32 Å². The summed E-state index contributed by atoms with van der Waals surface area (Å²) < 4.78 is 0. The second-order valence-electron chi connectivity index (χ2n) is 5.03. The minimum Gasteiger partial charge on any atom is -0.310 e. The van der Waals surface area contributed by atoms with E-state index in [4.69, 9.17) is 0 Å². The highest BCUT2D eigenvalue weighted by molar-refractivity contribution is 5.63. The van der Waals surface area contributed by atoms with Gasteiger partial charge >= 0.3 is 0 Å². The Kier molecular flexibility index (Phi) is 3.11. The Labute approximate surface area is 108 Å². The number of nitrogens with one attached hydrogen (secondary N) is 1. The number of benzene rings is 1. The lowest BCUT2D eigenvalue weighted by molar-refractivity contribution is 0.645. The number of hydrogen-bond donors (Lipinski definition) is 1.